The van der Waals surface area contributed by atoms with Gasteiger partial charge in [-0.3, -0.25) is 4.68 Å². The van der Waals surface area contributed by atoms with Crippen LogP contribution in [0.2, 0.25) is 0 Å². The highest BCUT2D eigenvalue weighted by Crippen LogP contribution is 2.38. The molecule has 5 rings (SSSR count). The van der Waals surface area contributed by atoms with Crippen LogP contribution in [-0.2, 0) is 45.3 Å². The number of alkyl halides is 6. The molecule has 2 aliphatic carbocycles. The maximum absolute atomic E-state index is 13.7. The number of nitrogens with zero attached hydrogens (tertiary/aromatic N) is 4. The van der Waals surface area contributed by atoms with E-state index in [0.717, 1.165) is 62.2 Å². The van der Waals surface area contributed by atoms with E-state index in [-0.39, 0.29) is 18.2 Å². The molecule has 0 amide bonds. The topological polar surface area (TPSA) is 24.3 Å². The number of aromatic nitrogens is 2. The van der Waals surface area contributed by atoms with Crippen molar-refractivity contribution in [3.8, 4) is 0 Å². The zero-order chi connectivity index (χ0) is 30.8. The molecule has 2 aliphatic rings. The van der Waals surface area contributed by atoms with Crippen molar-refractivity contribution >= 4 is 11.5 Å². The van der Waals surface area contributed by atoms with Crippen molar-refractivity contribution in [2.75, 3.05) is 22.9 Å². The summed E-state index contributed by atoms with van der Waals surface area (Å²) >= 11 is 0. The maximum atomic E-state index is 13.7. The highest BCUT2D eigenvalue weighted by atomic mass is 19.4. The van der Waals surface area contributed by atoms with Crippen LogP contribution < -0.4 is 9.80 Å². The van der Waals surface area contributed by atoms with Gasteiger partial charge in [-0.25, -0.2) is 0 Å². The number of halogens is 6. The van der Waals surface area contributed by atoms with Crippen molar-refractivity contribution in [2.24, 2.45) is 13.0 Å². The number of rotatable bonds is 9. The largest absolute Gasteiger partial charge is 0.416 e. The third-order valence-electron chi connectivity index (χ3n) is 8.87. The lowest BCUT2D eigenvalue weighted by Gasteiger charge is -2.34. The van der Waals surface area contributed by atoms with E-state index < -0.39 is 23.5 Å². The molecule has 0 atom stereocenters. The molecule has 10 heteroatoms. The summed E-state index contributed by atoms with van der Waals surface area (Å²) < 4.78 is 83.7. The summed E-state index contributed by atoms with van der Waals surface area (Å²) in [6.45, 7) is 4.04. The zero-order valence-electron chi connectivity index (χ0n) is 24.9. The second-order valence-electron chi connectivity index (χ2n) is 12.1. The molecular weight excluding hydrogens is 566 g/mol. The molecule has 0 aliphatic heterocycles. The number of fused-ring (bicyclic) bond motifs is 1. The Kier molecular flexibility index (Phi) is 9.32. The van der Waals surface area contributed by atoms with Gasteiger partial charge in [-0.1, -0.05) is 25.3 Å². The number of hydrogen-bond donors (Lipinski definition) is 0. The molecule has 234 valence electrons. The van der Waals surface area contributed by atoms with E-state index in [0.29, 0.717) is 18.3 Å². The van der Waals surface area contributed by atoms with Gasteiger partial charge in [0, 0.05) is 51.2 Å². The van der Waals surface area contributed by atoms with Gasteiger partial charge < -0.3 is 9.80 Å². The van der Waals surface area contributed by atoms with Gasteiger partial charge in [0.25, 0.3) is 0 Å². The SMILES string of the molecule is CCN(CC1CCCCC1)c1cc2c(cc1CN(Cc1cc(C(F)(F)F)cc(C(F)(F)F)c1)c1ccn(C)n1)CCCC2. The molecular formula is C33H40F6N4. The molecule has 1 saturated carbocycles. The van der Waals surface area contributed by atoms with Gasteiger partial charge in [0.1, 0.15) is 0 Å². The number of anilines is 2. The van der Waals surface area contributed by atoms with Crippen LogP contribution in [0.15, 0.2) is 42.6 Å². The van der Waals surface area contributed by atoms with E-state index in [1.165, 1.54) is 43.2 Å². The monoisotopic (exact) mass is 606 g/mol. The third-order valence-corrected chi connectivity index (χ3v) is 8.87. The molecule has 0 radical (unpaired) electrons. The van der Waals surface area contributed by atoms with E-state index >= 15 is 0 Å². The fraction of sp³-hybridized carbons (Fsp3) is 0.545. The molecule has 2 aromatic carbocycles. The first kappa shape index (κ1) is 31.3. The van der Waals surface area contributed by atoms with Crippen LogP contribution >= 0.6 is 0 Å². The second-order valence-corrected chi connectivity index (χ2v) is 12.1. The summed E-state index contributed by atoms with van der Waals surface area (Å²) in [5, 5.41) is 4.51. The van der Waals surface area contributed by atoms with Crippen molar-refractivity contribution in [2.45, 2.75) is 90.2 Å². The smallest absolute Gasteiger partial charge is 0.371 e. The van der Waals surface area contributed by atoms with Crippen molar-refractivity contribution < 1.29 is 26.3 Å². The lowest BCUT2D eigenvalue weighted by Crippen LogP contribution is -2.32. The molecule has 1 fully saturated rings. The quantitative estimate of drug-likeness (QED) is 0.227. The molecule has 0 bridgehead atoms. The predicted octanol–water partition coefficient (Wildman–Crippen LogP) is 8.95. The van der Waals surface area contributed by atoms with Gasteiger partial charge in [0.05, 0.1) is 11.1 Å². The van der Waals surface area contributed by atoms with Crippen LogP contribution in [0.4, 0.5) is 37.8 Å². The van der Waals surface area contributed by atoms with Gasteiger partial charge in [-0.2, -0.15) is 31.4 Å². The molecule has 1 heterocycles. The number of aryl methyl sites for hydroxylation is 3. The Morgan fingerprint density at radius 2 is 1.42 bits per heavy atom. The van der Waals surface area contributed by atoms with Gasteiger partial charge in [-0.15, -0.1) is 0 Å². The highest BCUT2D eigenvalue weighted by molar-refractivity contribution is 5.60. The summed E-state index contributed by atoms with van der Waals surface area (Å²) in [7, 11) is 1.74. The molecule has 4 nitrogen and oxygen atoms in total. The molecule has 0 unspecified atom stereocenters. The summed E-state index contributed by atoms with van der Waals surface area (Å²) in [4.78, 5) is 4.21. The Bertz CT molecular complexity index is 1350. The van der Waals surface area contributed by atoms with E-state index in [2.05, 4.69) is 29.1 Å². The minimum Gasteiger partial charge on any atom is -0.371 e. The first-order valence-electron chi connectivity index (χ1n) is 15.3. The summed E-state index contributed by atoms with van der Waals surface area (Å²) in [6.07, 6.45) is 2.28. The minimum absolute atomic E-state index is 0.0677. The summed E-state index contributed by atoms with van der Waals surface area (Å²) in [5.74, 6) is 1.10. The van der Waals surface area contributed by atoms with Crippen molar-refractivity contribution in [1.29, 1.82) is 0 Å². The van der Waals surface area contributed by atoms with Gasteiger partial charge in [-0.05, 0) is 97.9 Å². The first-order valence-corrected chi connectivity index (χ1v) is 15.3. The Morgan fingerprint density at radius 1 is 0.791 bits per heavy atom. The van der Waals surface area contributed by atoms with E-state index in [1.807, 2.05) is 0 Å². The van der Waals surface area contributed by atoms with Crippen LogP contribution in [-0.4, -0.2) is 22.9 Å². The van der Waals surface area contributed by atoms with E-state index in [9.17, 15) is 26.3 Å². The molecule has 0 N–H and O–H groups in total. The van der Waals surface area contributed by atoms with Crippen LogP contribution in [0.5, 0.6) is 0 Å². The van der Waals surface area contributed by atoms with Crippen LogP contribution in [0.25, 0.3) is 0 Å². The summed E-state index contributed by atoms with van der Waals surface area (Å²) in [5.41, 5.74) is 2.06. The van der Waals surface area contributed by atoms with Crippen LogP contribution in [0.1, 0.15) is 85.3 Å². The lowest BCUT2D eigenvalue weighted by molar-refractivity contribution is -0.143. The molecule has 0 spiro atoms. The average Bonchev–Trinajstić information content (AvgIpc) is 3.41. The van der Waals surface area contributed by atoms with Gasteiger partial charge >= 0.3 is 12.4 Å². The normalized spacial score (nSPS) is 16.3. The number of benzene rings is 2. The molecule has 3 aromatic rings. The van der Waals surface area contributed by atoms with Crippen molar-refractivity contribution in [3.63, 3.8) is 0 Å². The molecule has 1 aromatic heterocycles. The Balaban J connectivity index is 1.54. The van der Waals surface area contributed by atoms with Crippen molar-refractivity contribution in [1.82, 2.24) is 9.78 Å². The van der Waals surface area contributed by atoms with Crippen molar-refractivity contribution in [3.05, 3.63) is 76.0 Å². The average molecular weight is 607 g/mol. The fourth-order valence-electron chi connectivity index (χ4n) is 6.65. The summed E-state index contributed by atoms with van der Waals surface area (Å²) in [6, 6.07) is 8.08. The minimum atomic E-state index is -4.90. The Labute approximate surface area is 249 Å². The zero-order valence-corrected chi connectivity index (χ0v) is 24.9. The second kappa shape index (κ2) is 12.8. The standard InChI is InChI=1S/C33H40F6N4/c1-3-42(20-23-9-5-4-6-10-23)30-18-26-12-8-7-11-25(26)17-27(30)22-43(31-13-14-41(2)40-31)21-24-15-28(32(34,35)36)19-29(16-24)33(37,38)39/h13-19,23H,3-12,20-22H2,1-2H3. The molecule has 0 saturated heterocycles. The van der Waals surface area contributed by atoms with E-state index in [1.54, 1.807) is 28.9 Å². The maximum Gasteiger partial charge on any atom is 0.416 e. The number of hydrogen-bond acceptors (Lipinski definition) is 3. The Morgan fingerprint density at radius 3 is 1.98 bits per heavy atom. The molecule has 43 heavy (non-hydrogen) atoms. The third kappa shape index (κ3) is 7.68. The van der Waals surface area contributed by atoms with Gasteiger partial charge in [0.2, 0.25) is 0 Å². The van der Waals surface area contributed by atoms with Crippen LogP contribution in [0, 0.1) is 5.92 Å². The van der Waals surface area contributed by atoms with Crippen LogP contribution in [0.3, 0.4) is 0 Å². The van der Waals surface area contributed by atoms with E-state index in [4.69, 9.17) is 0 Å². The Hall–Kier alpha value is -3.17. The highest BCUT2D eigenvalue weighted by Gasteiger charge is 2.37. The first-order chi connectivity index (χ1) is 20.4. The predicted molar refractivity (Wildman–Crippen MR) is 157 cm³/mol. The van der Waals surface area contributed by atoms with Gasteiger partial charge in [0.15, 0.2) is 5.82 Å². The lowest BCUT2D eigenvalue weighted by atomic mass is 9.87. The fourth-order valence-corrected chi connectivity index (χ4v) is 6.65.